The summed E-state index contributed by atoms with van der Waals surface area (Å²) in [6.07, 6.45) is 12.3. The van der Waals surface area contributed by atoms with Gasteiger partial charge in [0, 0.05) is 20.6 Å². The minimum atomic E-state index is -0.443. The van der Waals surface area contributed by atoms with Gasteiger partial charge < -0.3 is 9.47 Å². The third kappa shape index (κ3) is 11.3. The van der Waals surface area contributed by atoms with Crippen LogP contribution in [0.15, 0.2) is 11.6 Å². The topological polar surface area (TPSA) is 18.5 Å². The molecule has 2 heteroatoms. The van der Waals surface area contributed by atoms with E-state index in [2.05, 4.69) is 33.8 Å². The van der Waals surface area contributed by atoms with Crippen LogP contribution < -0.4 is 0 Å². The molecule has 0 amide bonds. The number of allylic oxidation sites excluding steroid dienone is 2. The molecule has 0 heterocycles. The van der Waals surface area contributed by atoms with Crippen molar-refractivity contribution < 1.29 is 9.47 Å². The zero-order valence-electron chi connectivity index (χ0n) is 16.2. The van der Waals surface area contributed by atoms with Gasteiger partial charge in [0.1, 0.15) is 0 Å². The Morgan fingerprint density at radius 2 is 1.59 bits per heavy atom. The van der Waals surface area contributed by atoms with Crippen LogP contribution in [0.5, 0.6) is 0 Å². The molecular weight excluding hydrogens is 272 g/mol. The SMILES string of the molecule is COC(C)(CC/C=C(/C)CCCC(C)CCCC(C)C)OC. The first-order chi connectivity index (χ1) is 10.3. The van der Waals surface area contributed by atoms with Crippen molar-refractivity contribution in [3.8, 4) is 0 Å². The summed E-state index contributed by atoms with van der Waals surface area (Å²) in [4.78, 5) is 0. The van der Waals surface area contributed by atoms with E-state index in [1.807, 2.05) is 6.92 Å². The van der Waals surface area contributed by atoms with E-state index >= 15 is 0 Å². The van der Waals surface area contributed by atoms with Crippen molar-refractivity contribution in [2.45, 2.75) is 91.8 Å². The summed E-state index contributed by atoms with van der Waals surface area (Å²) in [7, 11) is 3.42. The summed E-state index contributed by atoms with van der Waals surface area (Å²) in [6.45, 7) is 11.3. The lowest BCUT2D eigenvalue weighted by molar-refractivity contribution is -0.196. The highest BCUT2D eigenvalue weighted by Gasteiger charge is 2.20. The van der Waals surface area contributed by atoms with Gasteiger partial charge in [-0.15, -0.1) is 0 Å². The summed E-state index contributed by atoms with van der Waals surface area (Å²) in [5, 5.41) is 0. The van der Waals surface area contributed by atoms with E-state index < -0.39 is 5.79 Å². The summed E-state index contributed by atoms with van der Waals surface area (Å²) < 4.78 is 10.8. The van der Waals surface area contributed by atoms with Crippen molar-refractivity contribution in [2.75, 3.05) is 14.2 Å². The van der Waals surface area contributed by atoms with E-state index in [-0.39, 0.29) is 0 Å². The molecule has 1 unspecified atom stereocenters. The van der Waals surface area contributed by atoms with Crippen molar-refractivity contribution in [3.63, 3.8) is 0 Å². The van der Waals surface area contributed by atoms with Gasteiger partial charge in [0.05, 0.1) is 0 Å². The molecule has 0 aliphatic heterocycles. The molecule has 2 nitrogen and oxygen atoms in total. The summed E-state index contributed by atoms with van der Waals surface area (Å²) in [6, 6.07) is 0. The summed E-state index contributed by atoms with van der Waals surface area (Å²) in [5.41, 5.74) is 1.50. The summed E-state index contributed by atoms with van der Waals surface area (Å²) in [5.74, 6) is 1.28. The average molecular weight is 313 g/mol. The maximum atomic E-state index is 5.38. The Morgan fingerprint density at radius 1 is 1.00 bits per heavy atom. The molecule has 0 aromatic heterocycles. The normalized spacial score (nSPS) is 14.6. The highest BCUT2D eigenvalue weighted by atomic mass is 16.7. The van der Waals surface area contributed by atoms with Crippen LogP contribution in [0.3, 0.4) is 0 Å². The van der Waals surface area contributed by atoms with E-state index in [0.29, 0.717) is 0 Å². The molecule has 0 spiro atoms. The molecule has 0 rings (SSSR count). The van der Waals surface area contributed by atoms with Gasteiger partial charge in [-0.3, -0.25) is 0 Å². The number of ether oxygens (including phenoxy) is 2. The third-order valence-corrected chi connectivity index (χ3v) is 4.70. The van der Waals surface area contributed by atoms with E-state index in [1.165, 1.54) is 44.1 Å². The molecule has 0 fully saturated rings. The molecule has 0 radical (unpaired) electrons. The van der Waals surface area contributed by atoms with Crippen molar-refractivity contribution in [1.82, 2.24) is 0 Å². The fourth-order valence-corrected chi connectivity index (χ4v) is 2.72. The standard InChI is InChI=1S/C20H40O2/c1-17(2)11-8-12-18(3)13-9-14-19(4)15-10-16-20(5,21-6)22-7/h15,17-18H,8-14,16H2,1-7H3/b19-15-. The number of hydrogen-bond donors (Lipinski definition) is 0. The molecule has 22 heavy (non-hydrogen) atoms. The second-order valence-electron chi connectivity index (χ2n) is 7.45. The van der Waals surface area contributed by atoms with Crippen molar-refractivity contribution >= 4 is 0 Å². The predicted octanol–water partition coefficient (Wildman–Crippen LogP) is 6.35. The maximum Gasteiger partial charge on any atom is 0.165 e. The van der Waals surface area contributed by atoms with Gasteiger partial charge in [-0.2, -0.15) is 0 Å². The minimum Gasteiger partial charge on any atom is -0.353 e. The monoisotopic (exact) mass is 312 g/mol. The predicted molar refractivity (Wildman–Crippen MR) is 97.1 cm³/mol. The molecule has 0 saturated carbocycles. The lowest BCUT2D eigenvalue weighted by Gasteiger charge is -2.25. The molecule has 0 bridgehead atoms. The van der Waals surface area contributed by atoms with Gasteiger partial charge in [0.25, 0.3) is 0 Å². The van der Waals surface area contributed by atoms with Crippen LogP contribution >= 0.6 is 0 Å². The molecule has 0 saturated heterocycles. The Bertz CT molecular complexity index is 290. The van der Waals surface area contributed by atoms with Crippen LogP contribution in [0.4, 0.5) is 0 Å². The van der Waals surface area contributed by atoms with Gasteiger partial charge in [0.15, 0.2) is 5.79 Å². The Kier molecular flexibility index (Phi) is 11.9. The fraction of sp³-hybridized carbons (Fsp3) is 0.900. The van der Waals surface area contributed by atoms with E-state index in [4.69, 9.17) is 9.47 Å². The molecule has 0 aromatic carbocycles. The highest BCUT2D eigenvalue weighted by molar-refractivity contribution is 4.98. The van der Waals surface area contributed by atoms with Gasteiger partial charge in [-0.1, -0.05) is 58.1 Å². The van der Waals surface area contributed by atoms with Crippen LogP contribution in [-0.4, -0.2) is 20.0 Å². The molecular formula is C20H40O2. The third-order valence-electron chi connectivity index (χ3n) is 4.70. The first kappa shape index (κ1) is 21.7. The maximum absolute atomic E-state index is 5.38. The Hall–Kier alpha value is -0.340. The first-order valence-electron chi connectivity index (χ1n) is 9.09. The molecule has 0 N–H and O–H groups in total. The minimum absolute atomic E-state index is 0.443. The number of rotatable bonds is 13. The number of hydrogen-bond acceptors (Lipinski definition) is 2. The van der Waals surface area contributed by atoms with Crippen LogP contribution in [0.1, 0.15) is 86.0 Å². The second-order valence-corrected chi connectivity index (χ2v) is 7.45. The summed E-state index contributed by atoms with van der Waals surface area (Å²) >= 11 is 0. The average Bonchev–Trinajstić information content (AvgIpc) is 2.46. The molecule has 0 aliphatic rings. The van der Waals surface area contributed by atoms with Crippen molar-refractivity contribution in [3.05, 3.63) is 11.6 Å². The smallest absolute Gasteiger partial charge is 0.165 e. The van der Waals surface area contributed by atoms with E-state index in [0.717, 1.165) is 24.7 Å². The van der Waals surface area contributed by atoms with Gasteiger partial charge in [-0.25, -0.2) is 0 Å². The Balaban J connectivity index is 3.79. The molecule has 132 valence electrons. The van der Waals surface area contributed by atoms with Gasteiger partial charge in [0.2, 0.25) is 0 Å². The zero-order valence-corrected chi connectivity index (χ0v) is 16.2. The first-order valence-corrected chi connectivity index (χ1v) is 9.09. The zero-order chi connectivity index (χ0) is 17.0. The molecule has 0 aromatic rings. The van der Waals surface area contributed by atoms with Crippen LogP contribution in [0.25, 0.3) is 0 Å². The lowest BCUT2D eigenvalue weighted by Crippen LogP contribution is -2.29. The second kappa shape index (κ2) is 12.1. The van der Waals surface area contributed by atoms with E-state index in [1.54, 1.807) is 14.2 Å². The molecule has 1 atom stereocenters. The van der Waals surface area contributed by atoms with Crippen LogP contribution in [0.2, 0.25) is 0 Å². The lowest BCUT2D eigenvalue weighted by atomic mass is 9.94. The van der Waals surface area contributed by atoms with Gasteiger partial charge in [-0.05, 0) is 44.9 Å². The Morgan fingerprint density at radius 3 is 2.14 bits per heavy atom. The Labute approximate surface area is 139 Å². The van der Waals surface area contributed by atoms with Crippen molar-refractivity contribution in [2.24, 2.45) is 11.8 Å². The fourth-order valence-electron chi connectivity index (χ4n) is 2.72. The van der Waals surface area contributed by atoms with Crippen LogP contribution in [-0.2, 0) is 9.47 Å². The van der Waals surface area contributed by atoms with Crippen LogP contribution in [0, 0.1) is 11.8 Å². The van der Waals surface area contributed by atoms with Gasteiger partial charge >= 0.3 is 0 Å². The highest BCUT2D eigenvalue weighted by Crippen LogP contribution is 2.21. The quantitative estimate of drug-likeness (QED) is 0.291. The van der Waals surface area contributed by atoms with Crippen molar-refractivity contribution in [1.29, 1.82) is 0 Å². The van der Waals surface area contributed by atoms with E-state index in [9.17, 15) is 0 Å². The molecule has 0 aliphatic carbocycles. The largest absolute Gasteiger partial charge is 0.353 e. The number of methoxy groups -OCH3 is 2.